The molecule has 0 unspecified atom stereocenters. The summed E-state index contributed by atoms with van der Waals surface area (Å²) in [5, 5.41) is 4.39. The second kappa shape index (κ2) is 10.8. The number of benzene rings is 2. The first kappa shape index (κ1) is 29.2. The second-order valence-corrected chi connectivity index (χ2v) is 9.74. The molecule has 1 aliphatic rings. The first-order valence-corrected chi connectivity index (χ1v) is 11.8. The van der Waals surface area contributed by atoms with E-state index in [9.17, 15) is 36.3 Å². The molecule has 2 N–H and O–H groups in total. The predicted octanol–water partition coefficient (Wildman–Crippen LogP) is 4.48. The summed E-state index contributed by atoms with van der Waals surface area (Å²) in [7, 11) is 0. The molecule has 0 bridgehead atoms. The van der Waals surface area contributed by atoms with Crippen molar-refractivity contribution in [1.82, 2.24) is 10.6 Å². The molecule has 206 valence electrons. The summed E-state index contributed by atoms with van der Waals surface area (Å²) in [5.41, 5.74) is -0.980. The van der Waals surface area contributed by atoms with E-state index in [-0.39, 0.29) is 6.54 Å². The Morgan fingerprint density at radius 3 is 2.21 bits per heavy atom. The third-order valence-corrected chi connectivity index (χ3v) is 6.28. The first-order valence-electron chi connectivity index (χ1n) is 11.4. The number of nitrogens with one attached hydrogen (secondary N) is 2. The van der Waals surface area contributed by atoms with Crippen LogP contribution >= 0.6 is 11.6 Å². The Morgan fingerprint density at radius 2 is 1.61 bits per heavy atom. The largest absolute Gasteiger partial charge is 0.486 e. The zero-order valence-corrected chi connectivity index (χ0v) is 21.3. The molecule has 0 radical (unpaired) electrons. The van der Waals surface area contributed by atoms with Crippen LogP contribution in [0.15, 0.2) is 48.5 Å². The molecule has 0 spiro atoms. The van der Waals surface area contributed by atoms with Crippen molar-refractivity contribution in [3.8, 4) is 5.75 Å². The molecule has 0 aromatic heterocycles. The lowest BCUT2D eigenvalue weighted by atomic mass is 9.90. The van der Waals surface area contributed by atoms with E-state index < -0.39 is 53.9 Å². The van der Waals surface area contributed by atoms with E-state index in [0.29, 0.717) is 22.0 Å². The molecule has 0 fully saturated rings. The van der Waals surface area contributed by atoms with Crippen LogP contribution < -0.4 is 20.3 Å². The van der Waals surface area contributed by atoms with Gasteiger partial charge in [-0.1, -0.05) is 35.9 Å². The molecule has 3 rings (SSSR count). The molecule has 0 aliphatic carbocycles. The minimum Gasteiger partial charge on any atom is -0.486 e. The topological polar surface area (TPSA) is 87.7 Å². The van der Waals surface area contributed by atoms with Crippen LogP contribution in [-0.2, 0) is 20.9 Å². The van der Waals surface area contributed by atoms with Gasteiger partial charge in [-0.25, -0.2) is 0 Å². The standard InChI is InChI=1S/C25H25ClF5N3O4/c1-14-19(33-22(37)23(2,3)21(36)32-13-24(27,28)25(29,30)31)20(35)34(12-15-8-10-16(26)11-9-15)17-6-4-5-7-18(17)38-14/h4-11,14,19H,12-13H2,1-3H3,(H,32,36)(H,33,37)/t14-,19+/m1/s1. The van der Waals surface area contributed by atoms with Crippen LogP contribution in [0.3, 0.4) is 0 Å². The SMILES string of the molecule is C[C@H]1Oc2ccccc2N(Cc2ccc(Cl)cc2)C(=O)[C@H]1NC(=O)C(C)(C)C(=O)NCC(F)(F)C(F)(F)F. The van der Waals surface area contributed by atoms with Gasteiger partial charge >= 0.3 is 12.1 Å². The molecule has 13 heteroatoms. The quantitative estimate of drug-likeness (QED) is 0.385. The van der Waals surface area contributed by atoms with Gasteiger partial charge in [0.25, 0.3) is 5.91 Å². The molecule has 1 heterocycles. The second-order valence-electron chi connectivity index (χ2n) is 9.30. The maximum absolute atomic E-state index is 13.7. The van der Waals surface area contributed by atoms with Gasteiger partial charge in [0.1, 0.15) is 23.3 Å². The monoisotopic (exact) mass is 561 g/mol. The molecule has 1 aliphatic heterocycles. The van der Waals surface area contributed by atoms with Gasteiger partial charge in [-0.3, -0.25) is 14.4 Å². The van der Waals surface area contributed by atoms with E-state index in [1.807, 2.05) is 0 Å². The van der Waals surface area contributed by atoms with Crippen molar-refractivity contribution < 1.29 is 41.1 Å². The van der Waals surface area contributed by atoms with Gasteiger partial charge in [0, 0.05) is 5.02 Å². The third kappa shape index (κ3) is 6.17. The zero-order valence-electron chi connectivity index (χ0n) is 20.5. The molecule has 38 heavy (non-hydrogen) atoms. The number of rotatable bonds is 7. The normalized spacial score (nSPS) is 18.2. The number of alkyl halides is 5. The van der Waals surface area contributed by atoms with Gasteiger partial charge in [0.05, 0.1) is 18.8 Å². The van der Waals surface area contributed by atoms with E-state index in [2.05, 4.69) is 5.32 Å². The molecular weight excluding hydrogens is 537 g/mol. The fourth-order valence-corrected chi connectivity index (χ4v) is 3.71. The van der Waals surface area contributed by atoms with Crippen LogP contribution in [0.2, 0.25) is 5.02 Å². The van der Waals surface area contributed by atoms with Crippen LogP contribution in [0.5, 0.6) is 5.75 Å². The molecule has 3 amide bonds. The van der Waals surface area contributed by atoms with Crippen LogP contribution in [0.25, 0.3) is 0 Å². The average molecular weight is 562 g/mol. The molecule has 0 saturated heterocycles. The maximum Gasteiger partial charge on any atom is 0.455 e. The van der Waals surface area contributed by atoms with Crippen LogP contribution in [0.4, 0.5) is 27.6 Å². The molecule has 0 saturated carbocycles. The average Bonchev–Trinajstić information content (AvgIpc) is 2.93. The third-order valence-electron chi connectivity index (χ3n) is 6.03. The maximum atomic E-state index is 13.7. The Morgan fingerprint density at radius 1 is 1.00 bits per heavy atom. The first-order chi connectivity index (χ1) is 17.5. The highest BCUT2D eigenvalue weighted by molar-refractivity contribution is 6.30. The van der Waals surface area contributed by atoms with Crippen molar-refractivity contribution in [3.63, 3.8) is 0 Å². The van der Waals surface area contributed by atoms with Gasteiger partial charge in [0.15, 0.2) is 0 Å². The van der Waals surface area contributed by atoms with Crippen molar-refractivity contribution >= 4 is 35.0 Å². The summed E-state index contributed by atoms with van der Waals surface area (Å²) in [6.07, 6.45) is -6.81. The Hall–Kier alpha value is -3.41. The van der Waals surface area contributed by atoms with E-state index in [4.69, 9.17) is 16.3 Å². The van der Waals surface area contributed by atoms with Gasteiger partial charge in [0.2, 0.25) is 11.8 Å². The number of ether oxygens (including phenoxy) is 1. The van der Waals surface area contributed by atoms with Gasteiger partial charge in [-0.2, -0.15) is 22.0 Å². The highest BCUT2D eigenvalue weighted by Gasteiger charge is 2.57. The number of para-hydroxylation sites is 2. The van der Waals surface area contributed by atoms with E-state index in [0.717, 1.165) is 13.8 Å². The van der Waals surface area contributed by atoms with E-state index in [1.54, 1.807) is 48.5 Å². The number of carbonyl (C=O) groups excluding carboxylic acids is 3. The number of carbonyl (C=O) groups is 3. The lowest BCUT2D eigenvalue weighted by molar-refractivity contribution is -0.278. The Bertz CT molecular complexity index is 1200. The van der Waals surface area contributed by atoms with E-state index in [1.165, 1.54) is 17.1 Å². The lowest BCUT2D eigenvalue weighted by Crippen LogP contribution is -2.59. The molecule has 2 aromatic carbocycles. The number of halogens is 6. The van der Waals surface area contributed by atoms with Crippen LogP contribution in [0, 0.1) is 5.41 Å². The summed E-state index contributed by atoms with van der Waals surface area (Å²) in [4.78, 5) is 40.6. The minimum atomic E-state index is -5.88. The Balaban J connectivity index is 1.83. The fourth-order valence-electron chi connectivity index (χ4n) is 3.59. The number of anilines is 1. The summed E-state index contributed by atoms with van der Waals surface area (Å²) in [6, 6.07) is 12.1. The Kier molecular flexibility index (Phi) is 8.25. The zero-order chi connectivity index (χ0) is 28.5. The summed E-state index contributed by atoms with van der Waals surface area (Å²) < 4.78 is 69.8. The van der Waals surface area contributed by atoms with Crippen molar-refractivity contribution in [2.24, 2.45) is 5.41 Å². The number of hydrogen-bond acceptors (Lipinski definition) is 4. The number of fused-ring (bicyclic) bond motifs is 1. The molecule has 2 aromatic rings. The molecular formula is C25H25ClF5N3O4. The van der Waals surface area contributed by atoms with Gasteiger partial charge < -0.3 is 20.3 Å². The Labute approximate surface area is 220 Å². The van der Waals surface area contributed by atoms with Crippen molar-refractivity contribution in [3.05, 3.63) is 59.1 Å². The lowest BCUT2D eigenvalue weighted by Gasteiger charge is -2.30. The summed E-state index contributed by atoms with van der Waals surface area (Å²) in [5.74, 6) is -7.88. The smallest absolute Gasteiger partial charge is 0.455 e. The number of nitrogens with zero attached hydrogens (tertiary/aromatic N) is 1. The van der Waals surface area contributed by atoms with Crippen molar-refractivity contribution in [2.45, 2.75) is 51.6 Å². The highest BCUT2D eigenvalue weighted by Crippen LogP contribution is 2.36. The van der Waals surface area contributed by atoms with Crippen LogP contribution in [0.1, 0.15) is 26.3 Å². The van der Waals surface area contributed by atoms with Crippen LogP contribution in [-0.4, -0.2) is 48.5 Å². The van der Waals surface area contributed by atoms with Crippen molar-refractivity contribution in [2.75, 3.05) is 11.4 Å². The summed E-state index contributed by atoms with van der Waals surface area (Å²) in [6.45, 7) is 1.62. The predicted molar refractivity (Wildman–Crippen MR) is 129 cm³/mol. The number of amides is 3. The summed E-state index contributed by atoms with van der Waals surface area (Å²) >= 11 is 5.95. The minimum absolute atomic E-state index is 0.0753. The van der Waals surface area contributed by atoms with Crippen molar-refractivity contribution in [1.29, 1.82) is 0 Å². The fraction of sp³-hybridized carbons (Fsp3) is 0.400. The molecule has 7 nitrogen and oxygen atoms in total. The van der Waals surface area contributed by atoms with E-state index >= 15 is 0 Å². The molecule has 2 atom stereocenters. The van der Waals surface area contributed by atoms with Gasteiger partial charge in [-0.15, -0.1) is 0 Å². The highest BCUT2D eigenvalue weighted by atomic mass is 35.5. The van der Waals surface area contributed by atoms with Gasteiger partial charge in [-0.05, 0) is 50.6 Å². The number of hydrogen-bond donors (Lipinski definition) is 2.